The molecule has 2 aromatic heterocycles. The fraction of sp³-hybridized carbons (Fsp3) is 0.500. The van der Waals surface area contributed by atoms with E-state index in [1.54, 1.807) is 4.68 Å². The maximum Gasteiger partial charge on any atom is 0.360 e. The molecule has 0 saturated heterocycles. The number of carbonyl (C=O) groups is 1. The second-order valence-corrected chi connectivity index (χ2v) is 4.22. The fourth-order valence-electron chi connectivity index (χ4n) is 1.84. The van der Waals surface area contributed by atoms with E-state index in [0.29, 0.717) is 18.7 Å². The SMILES string of the molecule is CCCc1c(C(=O)OC)nnn1Cc1cc(C)no1. The molecule has 0 aliphatic rings. The van der Waals surface area contributed by atoms with E-state index in [2.05, 4.69) is 15.5 Å². The van der Waals surface area contributed by atoms with Crippen molar-refractivity contribution in [1.29, 1.82) is 0 Å². The Hall–Kier alpha value is -2.18. The number of hydrogen-bond acceptors (Lipinski definition) is 6. The average Bonchev–Trinajstić information content (AvgIpc) is 2.97. The van der Waals surface area contributed by atoms with Crippen LogP contribution in [-0.4, -0.2) is 33.2 Å². The Morgan fingerprint density at radius 2 is 2.32 bits per heavy atom. The molecule has 2 heterocycles. The zero-order chi connectivity index (χ0) is 13.8. The molecule has 0 unspecified atom stereocenters. The summed E-state index contributed by atoms with van der Waals surface area (Å²) in [5, 5.41) is 11.7. The van der Waals surface area contributed by atoms with Gasteiger partial charge in [0.05, 0.1) is 18.5 Å². The highest BCUT2D eigenvalue weighted by atomic mass is 16.5. The number of rotatable bonds is 5. The van der Waals surface area contributed by atoms with E-state index in [0.717, 1.165) is 17.8 Å². The van der Waals surface area contributed by atoms with Crippen LogP contribution < -0.4 is 0 Å². The molecule has 7 heteroatoms. The zero-order valence-electron chi connectivity index (χ0n) is 11.2. The molecule has 2 aromatic rings. The first-order valence-corrected chi connectivity index (χ1v) is 6.08. The number of methoxy groups -OCH3 is 1. The third-order valence-electron chi connectivity index (χ3n) is 2.69. The summed E-state index contributed by atoms with van der Waals surface area (Å²) in [6, 6.07) is 1.83. The number of carbonyl (C=O) groups excluding carboxylic acids is 1. The molecule has 19 heavy (non-hydrogen) atoms. The predicted molar refractivity (Wildman–Crippen MR) is 65.7 cm³/mol. The number of hydrogen-bond donors (Lipinski definition) is 0. The molecule has 0 N–H and O–H groups in total. The van der Waals surface area contributed by atoms with Crippen LogP contribution >= 0.6 is 0 Å². The van der Waals surface area contributed by atoms with Gasteiger partial charge in [0.2, 0.25) is 0 Å². The summed E-state index contributed by atoms with van der Waals surface area (Å²) in [6.07, 6.45) is 1.58. The molecule has 0 saturated carbocycles. The van der Waals surface area contributed by atoms with Crippen molar-refractivity contribution in [3.05, 3.63) is 28.9 Å². The Labute approximate surface area is 110 Å². The number of esters is 1. The number of ether oxygens (including phenoxy) is 1. The molecular formula is C12H16N4O3. The Kier molecular flexibility index (Phi) is 3.94. The predicted octanol–water partition coefficient (Wildman–Crippen LogP) is 1.36. The smallest absolute Gasteiger partial charge is 0.360 e. The lowest BCUT2D eigenvalue weighted by Gasteiger charge is -2.04. The summed E-state index contributed by atoms with van der Waals surface area (Å²) in [5.41, 5.74) is 1.82. The lowest BCUT2D eigenvalue weighted by Crippen LogP contribution is -2.10. The summed E-state index contributed by atoms with van der Waals surface area (Å²) >= 11 is 0. The van der Waals surface area contributed by atoms with Gasteiger partial charge in [0, 0.05) is 6.07 Å². The lowest BCUT2D eigenvalue weighted by atomic mass is 10.2. The molecule has 0 spiro atoms. The Balaban J connectivity index is 2.29. The van der Waals surface area contributed by atoms with Gasteiger partial charge < -0.3 is 9.26 Å². The van der Waals surface area contributed by atoms with Crippen LogP contribution in [0.2, 0.25) is 0 Å². The third-order valence-corrected chi connectivity index (χ3v) is 2.69. The number of aromatic nitrogens is 4. The van der Waals surface area contributed by atoms with Gasteiger partial charge in [0.15, 0.2) is 11.5 Å². The normalized spacial score (nSPS) is 10.7. The Bertz CT molecular complexity index is 573. The molecule has 0 aliphatic carbocycles. The first-order chi connectivity index (χ1) is 9.15. The second kappa shape index (κ2) is 5.64. The second-order valence-electron chi connectivity index (χ2n) is 4.22. The van der Waals surface area contributed by atoms with Crippen LogP contribution in [0, 0.1) is 6.92 Å². The van der Waals surface area contributed by atoms with Crippen molar-refractivity contribution >= 4 is 5.97 Å². The standard InChI is InChI=1S/C12H16N4O3/c1-4-5-10-11(12(17)18-3)13-15-16(10)7-9-6-8(2)14-19-9/h6H,4-5,7H2,1-3H3. The molecule has 0 fully saturated rings. The van der Waals surface area contributed by atoms with Gasteiger partial charge in [-0.1, -0.05) is 23.7 Å². The monoisotopic (exact) mass is 264 g/mol. The van der Waals surface area contributed by atoms with Crippen molar-refractivity contribution in [2.75, 3.05) is 7.11 Å². The van der Waals surface area contributed by atoms with Crippen molar-refractivity contribution in [3.63, 3.8) is 0 Å². The van der Waals surface area contributed by atoms with Crippen molar-refractivity contribution in [3.8, 4) is 0 Å². The van der Waals surface area contributed by atoms with Gasteiger partial charge in [-0.05, 0) is 13.3 Å². The van der Waals surface area contributed by atoms with E-state index >= 15 is 0 Å². The minimum Gasteiger partial charge on any atom is -0.464 e. The van der Waals surface area contributed by atoms with Crippen LogP contribution in [0.25, 0.3) is 0 Å². The van der Waals surface area contributed by atoms with Crippen LogP contribution in [0.3, 0.4) is 0 Å². The molecular weight excluding hydrogens is 248 g/mol. The van der Waals surface area contributed by atoms with Gasteiger partial charge in [-0.2, -0.15) is 0 Å². The molecule has 102 valence electrons. The summed E-state index contributed by atoms with van der Waals surface area (Å²) in [7, 11) is 1.33. The van der Waals surface area contributed by atoms with Gasteiger partial charge in [-0.25, -0.2) is 9.48 Å². The summed E-state index contributed by atoms with van der Waals surface area (Å²) in [5.74, 6) is 0.208. The number of nitrogens with zero attached hydrogens (tertiary/aromatic N) is 4. The van der Waals surface area contributed by atoms with Gasteiger partial charge in [-0.3, -0.25) is 0 Å². The highest BCUT2D eigenvalue weighted by molar-refractivity contribution is 5.88. The molecule has 7 nitrogen and oxygen atoms in total. The average molecular weight is 264 g/mol. The molecule has 0 aliphatic heterocycles. The van der Waals surface area contributed by atoms with Gasteiger partial charge in [0.1, 0.15) is 6.54 Å². The van der Waals surface area contributed by atoms with E-state index in [1.807, 2.05) is 19.9 Å². The van der Waals surface area contributed by atoms with Crippen LogP contribution in [-0.2, 0) is 17.7 Å². The quantitative estimate of drug-likeness (QED) is 0.758. The highest BCUT2D eigenvalue weighted by Gasteiger charge is 2.20. The van der Waals surface area contributed by atoms with E-state index < -0.39 is 5.97 Å². The topological polar surface area (TPSA) is 83.0 Å². The minimum atomic E-state index is -0.469. The molecule has 0 aromatic carbocycles. The largest absolute Gasteiger partial charge is 0.464 e. The summed E-state index contributed by atoms with van der Waals surface area (Å²) in [4.78, 5) is 11.6. The van der Waals surface area contributed by atoms with Gasteiger partial charge >= 0.3 is 5.97 Å². The molecule has 2 rings (SSSR count). The summed E-state index contributed by atoms with van der Waals surface area (Å²) in [6.45, 7) is 4.28. The molecule has 0 bridgehead atoms. The van der Waals surface area contributed by atoms with Gasteiger partial charge in [0.25, 0.3) is 0 Å². The van der Waals surface area contributed by atoms with Crippen molar-refractivity contribution in [2.24, 2.45) is 0 Å². The molecule has 0 amide bonds. The minimum absolute atomic E-state index is 0.264. The molecule has 0 radical (unpaired) electrons. The third kappa shape index (κ3) is 2.81. The zero-order valence-corrected chi connectivity index (χ0v) is 11.2. The van der Waals surface area contributed by atoms with E-state index in [9.17, 15) is 4.79 Å². The first kappa shape index (κ1) is 13.3. The van der Waals surface area contributed by atoms with Crippen LogP contribution in [0.15, 0.2) is 10.6 Å². The Morgan fingerprint density at radius 1 is 1.53 bits per heavy atom. The maximum absolute atomic E-state index is 11.6. The van der Waals surface area contributed by atoms with Crippen molar-refractivity contribution < 1.29 is 14.1 Å². The van der Waals surface area contributed by atoms with Crippen LogP contribution in [0.4, 0.5) is 0 Å². The van der Waals surface area contributed by atoms with Crippen LogP contribution in [0.5, 0.6) is 0 Å². The van der Waals surface area contributed by atoms with Crippen LogP contribution in [0.1, 0.15) is 41.0 Å². The highest BCUT2D eigenvalue weighted by Crippen LogP contribution is 2.12. The first-order valence-electron chi connectivity index (χ1n) is 6.08. The Morgan fingerprint density at radius 3 is 2.89 bits per heavy atom. The lowest BCUT2D eigenvalue weighted by molar-refractivity contribution is 0.0592. The molecule has 0 atom stereocenters. The van der Waals surface area contributed by atoms with Gasteiger partial charge in [-0.15, -0.1) is 5.10 Å². The van der Waals surface area contributed by atoms with Crippen molar-refractivity contribution in [1.82, 2.24) is 20.2 Å². The van der Waals surface area contributed by atoms with Crippen molar-refractivity contribution in [2.45, 2.75) is 33.2 Å². The summed E-state index contributed by atoms with van der Waals surface area (Å²) < 4.78 is 11.5. The van der Waals surface area contributed by atoms with E-state index in [4.69, 9.17) is 9.26 Å². The fourth-order valence-corrected chi connectivity index (χ4v) is 1.84. The number of aryl methyl sites for hydroxylation is 1. The van der Waals surface area contributed by atoms with E-state index in [-0.39, 0.29) is 5.69 Å². The maximum atomic E-state index is 11.6. The van der Waals surface area contributed by atoms with E-state index in [1.165, 1.54) is 7.11 Å².